The highest BCUT2D eigenvalue weighted by molar-refractivity contribution is 5.80. The van der Waals surface area contributed by atoms with Crippen molar-refractivity contribution in [1.82, 2.24) is 0 Å². The second-order valence-electron chi connectivity index (χ2n) is 4.27. The normalized spacial score (nSPS) is 10.2. The lowest BCUT2D eigenvalue weighted by atomic mass is 10.1. The number of rotatable bonds is 2. The minimum absolute atomic E-state index is 0. The number of aliphatic hydroxyl groups excluding tert-OH is 1. The number of aromatic nitrogens is 1. The third-order valence-electron chi connectivity index (χ3n) is 3.13. The molecule has 0 fully saturated rings. The van der Waals surface area contributed by atoms with E-state index in [0.29, 0.717) is 0 Å². The number of nitrogens with zero attached hydrogens (tertiary/aromatic N) is 1. The summed E-state index contributed by atoms with van der Waals surface area (Å²) < 4.78 is 2.05. The van der Waals surface area contributed by atoms with Crippen LogP contribution >= 0.6 is 0 Å². The zero-order valence-electron chi connectivity index (χ0n) is 10.3. The van der Waals surface area contributed by atoms with E-state index in [2.05, 4.69) is 24.4 Å². The van der Waals surface area contributed by atoms with Crippen molar-refractivity contribution in [2.24, 2.45) is 0 Å². The van der Waals surface area contributed by atoms with Gasteiger partial charge in [-0.25, -0.2) is 0 Å². The number of aliphatic hydroxyl groups is 1. The van der Waals surface area contributed by atoms with Crippen LogP contribution in [-0.4, -0.2) is 5.11 Å². The van der Waals surface area contributed by atoms with Gasteiger partial charge in [0.15, 0.2) is 12.4 Å². The first-order valence-electron chi connectivity index (χ1n) is 5.98. The molecule has 3 aromatic rings. The Morgan fingerprint density at radius 1 is 0.842 bits per heavy atom. The topological polar surface area (TPSA) is 24.1 Å². The van der Waals surface area contributed by atoms with Crippen LogP contribution in [0.1, 0.15) is 5.56 Å². The molecule has 0 amide bonds. The minimum atomic E-state index is 0. The van der Waals surface area contributed by atoms with E-state index < -0.39 is 0 Å². The lowest BCUT2D eigenvalue weighted by molar-refractivity contribution is -0.594. The molecule has 2 aromatic carbocycles. The Bertz CT molecular complexity index is 697. The smallest absolute Gasteiger partial charge is 0.216 e. The van der Waals surface area contributed by atoms with E-state index in [4.69, 9.17) is 0 Å². The van der Waals surface area contributed by atoms with Crippen LogP contribution in [0.3, 0.4) is 0 Å². The second kappa shape index (κ2) is 5.83. The molecule has 0 radical (unpaired) electrons. The lowest BCUT2D eigenvalue weighted by Gasteiger charge is -2.02. The number of pyridine rings is 1. The molecule has 96 valence electrons. The zero-order chi connectivity index (χ0) is 12.4. The third-order valence-corrected chi connectivity index (χ3v) is 3.13. The van der Waals surface area contributed by atoms with Gasteiger partial charge >= 0.3 is 0 Å². The van der Waals surface area contributed by atoms with Gasteiger partial charge in [0.25, 0.3) is 0 Å². The number of fused-ring (bicyclic) bond motifs is 1. The fourth-order valence-electron chi connectivity index (χ4n) is 2.18. The predicted molar refractivity (Wildman–Crippen MR) is 71.4 cm³/mol. The Kier molecular flexibility index (Phi) is 4.15. The summed E-state index contributed by atoms with van der Waals surface area (Å²) in [5.41, 5.74) is 1.95. The molecule has 3 heteroatoms. The standard InChI is InChI=1S/C16H14NO.ClH/c18-12-15-7-3-4-8-16(15)17-10-9-13-5-1-2-6-14(13)11-17;/h1-11,18H,12H2;1H/q+1;/p-1. The van der Waals surface area contributed by atoms with Gasteiger partial charge in [0.1, 0.15) is 0 Å². The highest BCUT2D eigenvalue weighted by atomic mass is 35.5. The molecule has 1 heterocycles. The monoisotopic (exact) mass is 271 g/mol. The van der Waals surface area contributed by atoms with Gasteiger partial charge in [-0.15, -0.1) is 0 Å². The van der Waals surface area contributed by atoms with Crippen molar-refractivity contribution in [3.8, 4) is 5.69 Å². The van der Waals surface area contributed by atoms with Gasteiger partial charge in [-0.05, 0) is 11.5 Å². The molecule has 3 rings (SSSR count). The van der Waals surface area contributed by atoms with Gasteiger partial charge in [0.05, 0.1) is 6.61 Å². The average Bonchev–Trinajstić information content (AvgIpc) is 2.46. The maximum absolute atomic E-state index is 9.38. The van der Waals surface area contributed by atoms with Gasteiger partial charge in [0.2, 0.25) is 5.69 Å². The molecule has 1 N–H and O–H groups in total. The van der Waals surface area contributed by atoms with E-state index in [9.17, 15) is 5.11 Å². The number of benzene rings is 2. The molecule has 2 nitrogen and oxygen atoms in total. The van der Waals surface area contributed by atoms with E-state index in [1.807, 2.05) is 47.2 Å². The van der Waals surface area contributed by atoms with Crippen molar-refractivity contribution in [3.63, 3.8) is 0 Å². The first-order chi connectivity index (χ1) is 8.88. The van der Waals surface area contributed by atoms with E-state index in [1.54, 1.807) is 0 Å². The summed E-state index contributed by atoms with van der Waals surface area (Å²) >= 11 is 0. The largest absolute Gasteiger partial charge is 1.00 e. The fourth-order valence-corrected chi connectivity index (χ4v) is 2.18. The van der Waals surface area contributed by atoms with E-state index in [1.165, 1.54) is 10.8 Å². The maximum atomic E-state index is 9.38. The van der Waals surface area contributed by atoms with Crippen LogP contribution in [0.5, 0.6) is 0 Å². The molecule has 0 saturated carbocycles. The van der Waals surface area contributed by atoms with Crippen LogP contribution in [0.2, 0.25) is 0 Å². The number of hydrogen-bond donors (Lipinski definition) is 1. The quantitative estimate of drug-likeness (QED) is 0.631. The molecular formula is C16H14ClNO. The number of hydrogen-bond acceptors (Lipinski definition) is 1. The van der Waals surface area contributed by atoms with Crippen LogP contribution in [0.4, 0.5) is 0 Å². The molecule has 1 aromatic heterocycles. The van der Waals surface area contributed by atoms with E-state index in [0.717, 1.165) is 11.3 Å². The molecule has 0 saturated heterocycles. The van der Waals surface area contributed by atoms with Crippen LogP contribution in [0.25, 0.3) is 16.5 Å². The predicted octanol–water partition coefficient (Wildman–Crippen LogP) is -0.387. The van der Waals surface area contributed by atoms with Gasteiger partial charge in [-0.1, -0.05) is 36.4 Å². The Labute approximate surface area is 118 Å². The van der Waals surface area contributed by atoms with Gasteiger partial charge in [-0.2, -0.15) is 4.57 Å². The highest BCUT2D eigenvalue weighted by Crippen LogP contribution is 2.13. The minimum Gasteiger partial charge on any atom is -1.00 e. The summed E-state index contributed by atoms with van der Waals surface area (Å²) in [5.74, 6) is 0. The summed E-state index contributed by atoms with van der Waals surface area (Å²) in [4.78, 5) is 0. The Morgan fingerprint density at radius 2 is 1.53 bits per heavy atom. The summed E-state index contributed by atoms with van der Waals surface area (Å²) in [6, 6.07) is 18.2. The average molecular weight is 272 g/mol. The van der Waals surface area contributed by atoms with Gasteiger partial charge in [-0.3, -0.25) is 0 Å². The summed E-state index contributed by atoms with van der Waals surface area (Å²) in [6.07, 6.45) is 4.11. The SMILES string of the molecule is OCc1ccccc1-[n+]1ccc2ccccc2c1.[Cl-]. The Hall–Kier alpha value is -1.90. The number of halogens is 1. The van der Waals surface area contributed by atoms with E-state index >= 15 is 0 Å². The first kappa shape index (κ1) is 13.5. The lowest BCUT2D eigenvalue weighted by Crippen LogP contribution is -3.00. The van der Waals surface area contributed by atoms with Crippen LogP contribution in [-0.2, 0) is 6.61 Å². The Balaban J connectivity index is 0.00000133. The van der Waals surface area contributed by atoms with Crippen molar-refractivity contribution < 1.29 is 22.1 Å². The van der Waals surface area contributed by atoms with E-state index in [-0.39, 0.29) is 19.0 Å². The van der Waals surface area contributed by atoms with Crippen LogP contribution in [0, 0.1) is 0 Å². The molecule has 0 aliphatic heterocycles. The zero-order valence-corrected chi connectivity index (χ0v) is 11.1. The molecule has 0 unspecified atom stereocenters. The van der Waals surface area contributed by atoms with Crippen molar-refractivity contribution in [3.05, 3.63) is 72.6 Å². The fraction of sp³-hybridized carbons (Fsp3) is 0.0625. The van der Waals surface area contributed by atoms with Crippen molar-refractivity contribution in [2.45, 2.75) is 6.61 Å². The van der Waals surface area contributed by atoms with Gasteiger partial charge < -0.3 is 17.5 Å². The molecule has 19 heavy (non-hydrogen) atoms. The van der Waals surface area contributed by atoms with Crippen molar-refractivity contribution in [2.75, 3.05) is 0 Å². The van der Waals surface area contributed by atoms with Crippen molar-refractivity contribution in [1.29, 1.82) is 0 Å². The molecule has 0 atom stereocenters. The maximum Gasteiger partial charge on any atom is 0.216 e. The summed E-state index contributed by atoms with van der Waals surface area (Å²) in [5, 5.41) is 11.8. The van der Waals surface area contributed by atoms with Crippen LogP contribution < -0.4 is 17.0 Å². The third kappa shape index (κ3) is 2.60. The van der Waals surface area contributed by atoms with Crippen LogP contribution in [0.15, 0.2) is 67.0 Å². The first-order valence-corrected chi connectivity index (χ1v) is 5.98. The number of para-hydroxylation sites is 1. The molecule has 0 aliphatic carbocycles. The Morgan fingerprint density at radius 3 is 2.32 bits per heavy atom. The second-order valence-corrected chi connectivity index (χ2v) is 4.27. The molecular weight excluding hydrogens is 258 g/mol. The van der Waals surface area contributed by atoms with Gasteiger partial charge in [0, 0.05) is 23.1 Å². The molecule has 0 aliphatic rings. The summed E-state index contributed by atoms with van der Waals surface area (Å²) in [6.45, 7) is 0.0516. The molecule has 0 bridgehead atoms. The highest BCUT2D eigenvalue weighted by Gasteiger charge is 2.11. The molecule has 0 spiro atoms. The summed E-state index contributed by atoms with van der Waals surface area (Å²) in [7, 11) is 0. The van der Waals surface area contributed by atoms with Crippen molar-refractivity contribution >= 4 is 10.8 Å².